The number of halogens is 2. The molecule has 8 heteroatoms. The molecular formula is C15H12Cl2O5S. The van der Waals surface area contributed by atoms with Crippen LogP contribution >= 0.6 is 23.2 Å². The maximum absolute atomic E-state index is 12.4. The van der Waals surface area contributed by atoms with E-state index in [1.54, 1.807) is 6.07 Å². The van der Waals surface area contributed by atoms with Gasteiger partial charge in [-0.1, -0.05) is 29.3 Å². The molecule has 0 N–H and O–H groups in total. The first-order valence-electron chi connectivity index (χ1n) is 6.75. The highest BCUT2D eigenvalue weighted by Crippen LogP contribution is 2.35. The van der Waals surface area contributed by atoms with Crippen molar-refractivity contribution in [3.63, 3.8) is 0 Å². The zero-order chi connectivity index (χ0) is 16.4. The molecule has 2 aromatic rings. The van der Waals surface area contributed by atoms with Gasteiger partial charge in [0.25, 0.3) is 0 Å². The molecule has 0 aliphatic carbocycles. The zero-order valence-electron chi connectivity index (χ0n) is 11.8. The van der Waals surface area contributed by atoms with Gasteiger partial charge in [-0.25, -0.2) is 0 Å². The fraction of sp³-hybridized carbons (Fsp3) is 0.200. The van der Waals surface area contributed by atoms with Crippen LogP contribution in [0.2, 0.25) is 10.0 Å². The van der Waals surface area contributed by atoms with Crippen molar-refractivity contribution in [1.82, 2.24) is 0 Å². The Bertz CT molecular complexity index is 836. The molecule has 2 aromatic carbocycles. The molecule has 0 spiro atoms. The van der Waals surface area contributed by atoms with Crippen LogP contribution in [0.5, 0.6) is 17.2 Å². The van der Waals surface area contributed by atoms with Crippen LogP contribution in [0.1, 0.15) is 6.42 Å². The van der Waals surface area contributed by atoms with Gasteiger partial charge in [-0.3, -0.25) is 0 Å². The van der Waals surface area contributed by atoms with Crippen LogP contribution in [0.3, 0.4) is 0 Å². The number of benzene rings is 2. The van der Waals surface area contributed by atoms with Gasteiger partial charge in [0.1, 0.15) is 9.92 Å². The van der Waals surface area contributed by atoms with Crippen molar-refractivity contribution in [1.29, 1.82) is 0 Å². The normalized spacial score (nSPS) is 14.2. The highest BCUT2D eigenvalue weighted by Gasteiger charge is 2.22. The summed E-state index contributed by atoms with van der Waals surface area (Å²) in [7, 11) is -4.08. The first-order chi connectivity index (χ1) is 11.0. The van der Waals surface area contributed by atoms with E-state index in [0.29, 0.717) is 24.7 Å². The summed E-state index contributed by atoms with van der Waals surface area (Å²) < 4.78 is 40.9. The molecule has 0 aromatic heterocycles. The topological polar surface area (TPSA) is 61.8 Å². The van der Waals surface area contributed by atoms with Crippen molar-refractivity contribution in [3.05, 3.63) is 46.4 Å². The lowest BCUT2D eigenvalue weighted by atomic mass is 10.3. The molecule has 1 aliphatic rings. The molecule has 0 atom stereocenters. The minimum atomic E-state index is -4.08. The van der Waals surface area contributed by atoms with Crippen molar-refractivity contribution in [2.75, 3.05) is 13.2 Å². The standard InChI is InChI=1S/C15H12Cl2O5S/c16-11-3-1-4-13(15(11)17)22-23(18,19)10-5-6-12-14(9-10)21-8-2-7-20-12/h1,3-6,9H,2,7-8H2. The van der Waals surface area contributed by atoms with Crippen molar-refractivity contribution < 1.29 is 22.1 Å². The fourth-order valence-electron chi connectivity index (χ4n) is 2.01. The van der Waals surface area contributed by atoms with Crippen LogP contribution in [0.25, 0.3) is 0 Å². The molecule has 23 heavy (non-hydrogen) atoms. The molecule has 0 saturated heterocycles. The summed E-state index contributed by atoms with van der Waals surface area (Å²) in [5.41, 5.74) is 0. The maximum Gasteiger partial charge on any atom is 0.339 e. The van der Waals surface area contributed by atoms with Crippen LogP contribution in [0.15, 0.2) is 41.3 Å². The molecule has 1 aliphatic heterocycles. The molecule has 3 rings (SSSR count). The first kappa shape index (κ1) is 16.2. The highest BCUT2D eigenvalue weighted by atomic mass is 35.5. The molecule has 0 amide bonds. The van der Waals surface area contributed by atoms with Crippen molar-refractivity contribution >= 4 is 33.3 Å². The molecule has 0 saturated carbocycles. The number of hydrogen-bond donors (Lipinski definition) is 0. The van der Waals surface area contributed by atoms with Gasteiger partial charge in [-0.2, -0.15) is 8.42 Å². The van der Waals surface area contributed by atoms with E-state index in [1.807, 2.05) is 0 Å². The third-order valence-electron chi connectivity index (χ3n) is 3.12. The minimum absolute atomic E-state index is 0.0343. The Balaban J connectivity index is 1.94. The molecular weight excluding hydrogens is 363 g/mol. The maximum atomic E-state index is 12.4. The van der Waals surface area contributed by atoms with Gasteiger partial charge < -0.3 is 13.7 Å². The lowest BCUT2D eigenvalue weighted by molar-refractivity contribution is 0.296. The van der Waals surface area contributed by atoms with Crippen LogP contribution < -0.4 is 13.7 Å². The van der Waals surface area contributed by atoms with Crippen molar-refractivity contribution in [2.45, 2.75) is 11.3 Å². The lowest BCUT2D eigenvalue weighted by Crippen LogP contribution is -2.10. The highest BCUT2D eigenvalue weighted by molar-refractivity contribution is 7.87. The summed E-state index contributed by atoms with van der Waals surface area (Å²) in [5, 5.41) is 0.241. The second-order valence-electron chi connectivity index (χ2n) is 4.75. The number of hydrogen-bond acceptors (Lipinski definition) is 5. The van der Waals surface area contributed by atoms with Gasteiger partial charge in [-0.05, 0) is 24.3 Å². The molecule has 1 heterocycles. The SMILES string of the molecule is O=S(=O)(Oc1cccc(Cl)c1Cl)c1ccc2c(c1)OCCCO2. The molecule has 0 fully saturated rings. The first-order valence-corrected chi connectivity index (χ1v) is 8.92. The average Bonchev–Trinajstić information content (AvgIpc) is 2.76. The van der Waals surface area contributed by atoms with Crippen LogP contribution in [0, 0.1) is 0 Å². The van der Waals surface area contributed by atoms with E-state index < -0.39 is 10.1 Å². The number of fused-ring (bicyclic) bond motifs is 1. The predicted molar refractivity (Wildman–Crippen MR) is 86.3 cm³/mol. The van der Waals surface area contributed by atoms with Crippen molar-refractivity contribution in [3.8, 4) is 17.2 Å². The Kier molecular flexibility index (Phi) is 4.57. The smallest absolute Gasteiger partial charge is 0.339 e. The Morgan fingerprint density at radius 2 is 1.74 bits per heavy atom. The quantitative estimate of drug-likeness (QED) is 0.761. The van der Waals surface area contributed by atoms with Gasteiger partial charge in [0.2, 0.25) is 0 Å². The molecule has 0 unspecified atom stereocenters. The number of rotatable bonds is 3. The summed E-state index contributed by atoms with van der Waals surface area (Å²) >= 11 is 11.8. The van der Waals surface area contributed by atoms with Crippen molar-refractivity contribution in [2.24, 2.45) is 0 Å². The van der Waals surface area contributed by atoms with Crippen LogP contribution in [-0.4, -0.2) is 21.6 Å². The van der Waals surface area contributed by atoms with E-state index in [-0.39, 0.29) is 20.7 Å². The number of ether oxygens (including phenoxy) is 2. The van der Waals surface area contributed by atoms with Gasteiger partial charge in [-0.15, -0.1) is 0 Å². The monoisotopic (exact) mass is 374 g/mol. The summed E-state index contributed by atoms with van der Waals surface area (Å²) in [4.78, 5) is -0.0576. The van der Waals surface area contributed by atoms with E-state index in [0.717, 1.165) is 6.42 Å². The third kappa shape index (κ3) is 3.49. The second kappa shape index (κ2) is 6.47. The van der Waals surface area contributed by atoms with Crippen LogP contribution in [0.4, 0.5) is 0 Å². The lowest BCUT2D eigenvalue weighted by Gasteiger charge is -2.11. The van der Waals surface area contributed by atoms with Gasteiger partial charge >= 0.3 is 10.1 Å². The Labute approximate surface area is 143 Å². The summed E-state index contributed by atoms with van der Waals surface area (Å²) in [6.07, 6.45) is 0.728. The Hall–Kier alpha value is -1.63. The fourth-order valence-corrected chi connectivity index (χ4v) is 3.35. The van der Waals surface area contributed by atoms with E-state index in [9.17, 15) is 8.42 Å². The van der Waals surface area contributed by atoms with Gasteiger partial charge in [0.15, 0.2) is 17.2 Å². The summed E-state index contributed by atoms with van der Waals surface area (Å²) in [6.45, 7) is 0.977. The second-order valence-corrected chi connectivity index (χ2v) is 7.08. The van der Waals surface area contributed by atoms with E-state index in [4.69, 9.17) is 36.9 Å². The largest absolute Gasteiger partial charge is 0.490 e. The summed E-state index contributed by atoms with van der Waals surface area (Å²) in [5.74, 6) is 0.831. The van der Waals surface area contributed by atoms with E-state index in [2.05, 4.69) is 0 Å². The molecule has 5 nitrogen and oxygen atoms in total. The van der Waals surface area contributed by atoms with Crippen LogP contribution in [-0.2, 0) is 10.1 Å². The minimum Gasteiger partial charge on any atom is -0.490 e. The average molecular weight is 375 g/mol. The molecule has 122 valence electrons. The Morgan fingerprint density at radius 3 is 2.52 bits per heavy atom. The molecule has 0 bridgehead atoms. The third-order valence-corrected chi connectivity index (χ3v) is 5.16. The summed E-state index contributed by atoms with van der Waals surface area (Å²) in [6, 6.07) is 8.81. The molecule has 0 radical (unpaired) electrons. The Morgan fingerprint density at radius 1 is 1.00 bits per heavy atom. The zero-order valence-corrected chi connectivity index (χ0v) is 14.1. The van der Waals surface area contributed by atoms with Gasteiger partial charge in [0, 0.05) is 12.5 Å². The van der Waals surface area contributed by atoms with Gasteiger partial charge in [0.05, 0.1) is 18.2 Å². The van der Waals surface area contributed by atoms with E-state index >= 15 is 0 Å². The predicted octanol–water partition coefficient (Wildman–Crippen LogP) is 3.92. The van der Waals surface area contributed by atoms with E-state index in [1.165, 1.54) is 30.3 Å².